The maximum absolute atomic E-state index is 12.5. The highest BCUT2D eigenvalue weighted by Crippen LogP contribution is 2.29. The van der Waals surface area contributed by atoms with Crippen LogP contribution in [0.3, 0.4) is 0 Å². The highest BCUT2D eigenvalue weighted by atomic mass is 16.4. The zero-order valence-electron chi connectivity index (χ0n) is 18.4. The second-order valence-electron chi connectivity index (χ2n) is 8.62. The van der Waals surface area contributed by atoms with E-state index < -0.39 is 5.97 Å². The van der Waals surface area contributed by atoms with Crippen molar-refractivity contribution < 1.29 is 14.7 Å². The molecule has 1 aliphatic rings. The summed E-state index contributed by atoms with van der Waals surface area (Å²) in [6.45, 7) is 2.73. The molecule has 166 valence electrons. The summed E-state index contributed by atoms with van der Waals surface area (Å²) in [5, 5.41) is 12.9. The Labute approximate surface area is 191 Å². The number of Topliss-reactive ketones (excluding diaryl/α,β-unsaturated/α-hetero) is 1. The van der Waals surface area contributed by atoms with E-state index >= 15 is 0 Å². The number of aromatic nitrogens is 2. The molecule has 0 spiro atoms. The van der Waals surface area contributed by atoms with Gasteiger partial charge in [0.2, 0.25) is 0 Å². The monoisotopic (exact) mass is 439 g/mol. The normalized spacial score (nSPS) is 15.7. The number of H-pyrrole nitrogens is 1. The van der Waals surface area contributed by atoms with E-state index in [4.69, 9.17) is 0 Å². The first-order valence-electron chi connectivity index (χ1n) is 11.2. The fourth-order valence-electron chi connectivity index (χ4n) is 4.57. The molecular weight excluding hydrogens is 414 g/mol. The van der Waals surface area contributed by atoms with Crippen LogP contribution in [0.4, 0.5) is 0 Å². The highest BCUT2D eigenvalue weighted by molar-refractivity contribution is 6.03. The summed E-state index contributed by atoms with van der Waals surface area (Å²) in [6, 6.07) is 19.7. The number of nitrogens with one attached hydrogen (secondary N) is 2. The van der Waals surface area contributed by atoms with Crippen LogP contribution < -0.4 is 5.32 Å². The maximum atomic E-state index is 12.5. The van der Waals surface area contributed by atoms with E-state index in [1.54, 1.807) is 6.07 Å². The van der Waals surface area contributed by atoms with E-state index in [-0.39, 0.29) is 17.4 Å². The number of carbonyl (C=O) groups is 2. The summed E-state index contributed by atoms with van der Waals surface area (Å²) in [4.78, 5) is 31.7. The number of aromatic amines is 1. The lowest BCUT2D eigenvalue weighted by molar-refractivity contribution is -0.120. The Hall–Kier alpha value is -3.77. The third-order valence-corrected chi connectivity index (χ3v) is 6.24. The molecule has 0 saturated carbocycles. The van der Waals surface area contributed by atoms with Gasteiger partial charge in [-0.1, -0.05) is 48.5 Å². The predicted molar refractivity (Wildman–Crippen MR) is 128 cm³/mol. The van der Waals surface area contributed by atoms with Crippen molar-refractivity contribution >= 4 is 22.8 Å². The molecule has 3 N–H and O–H groups in total. The number of hydrogen-bond acceptors (Lipinski definition) is 4. The SMILES string of the molecule is Cc1nc2c(C(=O)O)cc(-c3ccc(-c4cccc(CC(=O)C5CCCN5)c4)cc3)cc2[nH]1. The Kier molecular flexibility index (Phi) is 5.52. The summed E-state index contributed by atoms with van der Waals surface area (Å²) in [7, 11) is 0. The summed E-state index contributed by atoms with van der Waals surface area (Å²) in [5.41, 5.74) is 6.22. The first-order chi connectivity index (χ1) is 16.0. The van der Waals surface area contributed by atoms with Crippen LogP contribution in [-0.2, 0) is 11.2 Å². The van der Waals surface area contributed by atoms with Gasteiger partial charge in [-0.2, -0.15) is 0 Å². The largest absolute Gasteiger partial charge is 0.478 e. The van der Waals surface area contributed by atoms with Crippen molar-refractivity contribution in [2.75, 3.05) is 6.54 Å². The summed E-state index contributed by atoms with van der Waals surface area (Å²) in [5.74, 6) is -0.0649. The van der Waals surface area contributed by atoms with Gasteiger partial charge in [-0.3, -0.25) is 4.79 Å². The maximum Gasteiger partial charge on any atom is 0.337 e. The molecule has 2 heterocycles. The van der Waals surface area contributed by atoms with Crippen LogP contribution in [0, 0.1) is 6.92 Å². The number of aryl methyl sites for hydroxylation is 1. The molecule has 0 amide bonds. The van der Waals surface area contributed by atoms with Crippen LogP contribution in [0.15, 0.2) is 60.7 Å². The second kappa shape index (κ2) is 8.64. The molecule has 33 heavy (non-hydrogen) atoms. The van der Waals surface area contributed by atoms with Crippen molar-refractivity contribution in [3.63, 3.8) is 0 Å². The average Bonchev–Trinajstić information content (AvgIpc) is 3.48. The zero-order chi connectivity index (χ0) is 22.9. The van der Waals surface area contributed by atoms with Gasteiger partial charge >= 0.3 is 5.97 Å². The Bertz CT molecular complexity index is 1350. The van der Waals surface area contributed by atoms with Crippen molar-refractivity contribution in [2.45, 2.75) is 32.2 Å². The number of hydrogen-bond donors (Lipinski definition) is 3. The van der Waals surface area contributed by atoms with Crippen molar-refractivity contribution in [1.82, 2.24) is 15.3 Å². The Balaban J connectivity index is 1.41. The number of benzene rings is 3. The molecule has 3 aromatic carbocycles. The average molecular weight is 440 g/mol. The standard InChI is InChI=1S/C27H25N3O3/c1-16-29-24-15-21(14-22(27(32)33)26(24)30-16)19-9-7-18(8-10-19)20-5-2-4-17(12-20)13-25(31)23-6-3-11-28-23/h2,4-5,7-10,12,14-15,23,28H,3,6,11,13H2,1H3,(H,29,30)(H,32,33). The number of ketones is 1. The third-order valence-electron chi connectivity index (χ3n) is 6.24. The minimum Gasteiger partial charge on any atom is -0.478 e. The van der Waals surface area contributed by atoms with Crippen LogP contribution >= 0.6 is 0 Å². The predicted octanol–water partition coefficient (Wildman–Crippen LogP) is 4.77. The Morgan fingerprint density at radius 2 is 1.76 bits per heavy atom. The number of imidazole rings is 1. The minimum absolute atomic E-state index is 0.0142. The molecule has 1 atom stereocenters. The lowest BCUT2D eigenvalue weighted by Gasteiger charge is -2.10. The van der Waals surface area contributed by atoms with Crippen molar-refractivity contribution in [1.29, 1.82) is 0 Å². The van der Waals surface area contributed by atoms with Crippen LogP contribution in [-0.4, -0.2) is 39.4 Å². The quantitative estimate of drug-likeness (QED) is 0.402. The van der Waals surface area contributed by atoms with Gasteiger partial charge in [-0.25, -0.2) is 9.78 Å². The first kappa shape index (κ1) is 21.1. The molecule has 6 nitrogen and oxygen atoms in total. The molecule has 0 radical (unpaired) electrons. The smallest absolute Gasteiger partial charge is 0.337 e. The van der Waals surface area contributed by atoms with Crippen LogP contribution in [0.5, 0.6) is 0 Å². The molecule has 1 unspecified atom stereocenters. The molecule has 1 aliphatic heterocycles. The van der Waals surface area contributed by atoms with E-state index in [0.717, 1.165) is 47.2 Å². The third kappa shape index (κ3) is 4.30. The Morgan fingerprint density at radius 3 is 2.45 bits per heavy atom. The molecule has 1 saturated heterocycles. The van der Waals surface area contributed by atoms with E-state index in [0.29, 0.717) is 23.3 Å². The van der Waals surface area contributed by atoms with Gasteiger partial charge in [0.25, 0.3) is 0 Å². The molecule has 1 fully saturated rings. The van der Waals surface area contributed by atoms with Crippen LogP contribution in [0.25, 0.3) is 33.3 Å². The highest BCUT2D eigenvalue weighted by Gasteiger charge is 2.22. The molecule has 0 aliphatic carbocycles. The van der Waals surface area contributed by atoms with E-state index in [9.17, 15) is 14.7 Å². The van der Waals surface area contributed by atoms with Gasteiger partial charge in [0.1, 0.15) is 11.3 Å². The van der Waals surface area contributed by atoms with Gasteiger partial charge in [0.15, 0.2) is 5.78 Å². The van der Waals surface area contributed by atoms with Gasteiger partial charge in [-0.15, -0.1) is 0 Å². The molecule has 5 rings (SSSR count). The van der Waals surface area contributed by atoms with Gasteiger partial charge in [-0.05, 0) is 66.3 Å². The molecular formula is C27H25N3O3. The van der Waals surface area contributed by atoms with Gasteiger partial charge in [0.05, 0.1) is 17.1 Å². The topological polar surface area (TPSA) is 95.1 Å². The molecule has 1 aromatic heterocycles. The second-order valence-corrected chi connectivity index (χ2v) is 8.62. The lowest BCUT2D eigenvalue weighted by Crippen LogP contribution is -2.31. The van der Waals surface area contributed by atoms with Crippen LogP contribution in [0.1, 0.15) is 34.6 Å². The summed E-state index contributed by atoms with van der Waals surface area (Å²) >= 11 is 0. The number of fused-ring (bicyclic) bond motifs is 1. The van der Waals surface area contributed by atoms with Crippen molar-refractivity contribution in [3.8, 4) is 22.3 Å². The fourth-order valence-corrected chi connectivity index (χ4v) is 4.57. The summed E-state index contributed by atoms with van der Waals surface area (Å²) < 4.78 is 0. The molecule has 6 heteroatoms. The number of rotatable bonds is 6. The van der Waals surface area contributed by atoms with Crippen molar-refractivity contribution in [3.05, 3.63) is 77.6 Å². The summed E-state index contributed by atoms with van der Waals surface area (Å²) in [6.07, 6.45) is 2.42. The number of carbonyl (C=O) groups excluding carboxylic acids is 1. The zero-order valence-corrected chi connectivity index (χ0v) is 18.4. The first-order valence-corrected chi connectivity index (χ1v) is 11.2. The van der Waals surface area contributed by atoms with Gasteiger partial charge < -0.3 is 15.4 Å². The van der Waals surface area contributed by atoms with Gasteiger partial charge in [0, 0.05) is 6.42 Å². The lowest BCUT2D eigenvalue weighted by atomic mass is 9.96. The number of aromatic carboxylic acids is 1. The van der Waals surface area contributed by atoms with E-state index in [1.165, 1.54) is 0 Å². The molecule has 0 bridgehead atoms. The van der Waals surface area contributed by atoms with E-state index in [1.807, 2.05) is 55.5 Å². The minimum atomic E-state index is -0.996. The van der Waals surface area contributed by atoms with Crippen LogP contribution in [0.2, 0.25) is 0 Å². The fraction of sp³-hybridized carbons (Fsp3) is 0.222. The Morgan fingerprint density at radius 1 is 1.00 bits per heavy atom. The van der Waals surface area contributed by atoms with Crippen molar-refractivity contribution in [2.24, 2.45) is 0 Å². The number of carboxylic acids is 1. The number of nitrogens with zero attached hydrogens (tertiary/aromatic N) is 1. The number of carboxylic acid groups (broad SMARTS) is 1. The molecule has 4 aromatic rings. The van der Waals surface area contributed by atoms with E-state index in [2.05, 4.69) is 21.4 Å².